The van der Waals surface area contributed by atoms with Gasteiger partial charge in [-0.3, -0.25) is 25.3 Å². The Morgan fingerprint density at radius 3 is 2.48 bits per heavy atom. The van der Waals surface area contributed by atoms with E-state index in [1.807, 2.05) is 0 Å². The molecule has 0 spiro atoms. The second-order valence-corrected chi connectivity index (χ2v) is 7.44. The second kappa shape index (κ2) is 9.22. The van der Waals surface area contributed by atoms with Crippen LogP contribution in [0.1, 0.15) is 61.4 Å². The van der Waals surface area contributed by atoms with Gasteiger partial charge in [0.25, 0.3) is 0 Å². The summed E-state index contributed by atoms with van der Waals surface area (Å²) >= 11 is 0. The second-order valence-electron chi connectivity index (χ2n) is 7.44. The van der Waals surface area contributed by atoms with E-state index in [2.05, 4.69) is 29.6 Å². The van der Waals surface area contributed by atoms with E-state index >= 15 is 0 Å². The van der Waals surface area contributed by atoms with Crippen LogP contribution in [-0.4, -0.2) is 29.8 Å². The van der Waals surface area contributed by atoms with Crippen molar-refractivity contribution in [1.29, 1.82) is 0 Å². The van der Waals surface area contributed by atoms with Crippen LogP contribution in [0.25, 0.3) is 0 Å². The highest BCUT2D eigenvalue weighted by Crippen LogP contribution is 2.41. The summed E-state index contributed by atoms with van der Waals surface area (Å²) in [6, 6.07) is 9.49. The Balaban J connectivity index is 1.65. The number of benzene rings is 1. The number of rotatable bonds is 7. The van der Waals surface area contributed by atoms with E-state index < -0.39 is 11.3 Å². The Morgan fingerprint density at radius 1 is 1.10 bits per heavy atom. The summed E-state index contributed by atoms with van der Waals surface area (Å²) in [5.74, 6) is -0.391. The van der Waals surface area contributed by atoms with Gasteiger partial charge in [0.15, 0.2) is 5.76 Å². The van der Waals surface area contributed by atoms with E-state index in [-0.39, 0.29) is 17.5 Å². The third-order valence-corrected chi connectivity index (χ3v) is 5.72. The first-order valence-electron chi connectivity index (χ1n) is 10.2. The lowest BCUT2D eigenvalue weighted by Crippen LogP contribution is -2.50. The average Bonchev–Trinajstić information content (AvgIpc) is 3.40. The highest BCUT2D eigenvalue weighted by molar-refractivity contribution is 5.95. The summed E-state index contributed by atoms with van der Waals surface area (Å²) in [7, 11) is 0. The summed E-state index contributed by atoms with van der Waals surface area (Å²) < 4.78 is 19.3. The van der Waals surface area contributed by atoms with E-state index in [0.717, 1.165) is 25.9 Å². The van der Waals surface area contributed by atoms with Gasteiger partial charge in [0.1, 0.15) is 11.6 Å². The Labute approximate surface area is 170 Å². The van der Waals surface area contributed by atoms with E-state index in [1.54, 1.807) is 24.3 Å². The molecule has 0 aliphatic heterocycles. The number of hydrazine groups is 1. The van der Waals surface area contributed by atoms with E-state index in [0.29, 0.717) is 30.7 Å². The molecule has 29 heavy (non-hydrogen) atoms. The number of nitrogens with one attached hydrogen (secondary N) is 2. The third-order valence-electron chi connectivity index (χ3n) is 5.72. The maximum absolute atomic E-state index is 13.7. The summed E-state index contributed by atoms with van der Waals surface area (Å²) in [4.78, 5) is 27.5. The topological polar surface area (TPSA) is 74.6 Å². The van der Waals surface area contributed by atoms with Gasteiger partial charge in [-0.25, -0.2) is 4.39 Å². The van der Waals surface area contributed by atoms with Crippen LogP contribution in [0.4, 0.5) is 4.39 Å². The van der Waals surface area contributed by atoms with E-state index in [4.69, 9.17) is 4.42 Å². The predicted octanol–water partition coefficient (Wildman–Crippen LogP) is 3.53. The molecule has 0 bridgehead atoms. The molecule has 6 nitrogen and oxygen atoms in total. The van der Waals surface area contributed by atoms with Gasteiger partial charge in [0, 0.05) is 0 Å². The molecule has 156 valence electrons. The standard InChI is InChI=1S/C22H28FN3O3/c1-3-26(4-2)15-18-10-11-19(29-18)20(27)24-25-21(28)22(12-5-6-13-22)16-8-7-9-17(23)14-16/h7-11,14H,3-6,12-13,15H2,1-2H3,(H,24,27)(H,25,28). The molecule has 2 N–H and O–H groups in total. The molecule has 2 amide bonds. The number of nitrogens with zero attached hydrogens (tertiary/aromatic N) is 1. The van der Waals surface area contributed by atoms with E-state index in [9.17, 15) is 14.0 Å². The maximum Gasteiger partial charge on any atom is 0.305 e. The summed E-state index contributed by atoms with van der Waals surface area (Å²) in [5.41, 5.74) is 4.78. The van der Waals surface area contributed by atoms with Gasteiger partial charge in [0.05, 0.1) is 12.0 Å². The Morgan fingerprint density at radius 2 is 1.83 bits per heavy atom. The van der Waals surface area contributed by atoms with Crippen LogP contribution in [0, 0.1) is 5.82 Å². The van der Waals surface area contributed by atoms with Crippen LogP contribution >= 0.6 is 0 Å². The molecule has 7 heteroatoms. The lowest BCUT2D eigenvalue weighted by atomic mass is 9.78. The van der Waals surface area contributed by atoms with Crippen molar-refractivity contribution in [1.82, 2.24) is 15.8 Å². The lowest BCUT2D eigenvalue weighted by molar-refractivity contribution is -0.127. The zero-order chi connectivity index (χ0) is 20.9. The first kappa shape index (κ1) is 21.0. The number of hydrogen-bond donors (Lipinski definition) is 2. The predicted molar refractivity (Wildman–Crippen MR) is 107 cm³/mol. The fraction of sp³-hybridized carbons (Fsp3) is 0.455. The van der Waals surface area contributed by atoms with Crippen LogP contribution in [0.5, 0.6) is 0 Å². The Hall–Kier alpha value is -2.67. The quantitative estimate of drug-likeness (QED) is 0.696. The zero-order valence-electron chi connectivity index (χ0n) is 17.0. The first-order valence-corrected chi connectivity index (χ1v) is 10.2. The maximum atomic E-state index is 13.7. The first-order chi connectivity index (χ1) is 14.0. The number of hydrogen-bond acceptors (Lipinski definition) is 4. The van der Waals surface area contributed by atoms with Crippen molar-refractivity contribution in [2.45, 2.75) is 51.5 Å². The molecule has 1 aromatic heterocycles. The van der Waals surface area contributed by atoms with Crippen LogP contribution < -0.4 is 10.9 Å². The van der Waals surface area contributed by atoms with Crippen molar-refractivity contribution >= 4 is 11.8 Å². The van der Waals surface area contributed by atoms with Gasteiger partial charge in [0.2, 0.25) is 5.91 Å². The van der Waals surface area contributed by atoms with E-state index in [1.165, 1.54) is 12.1 Å². The fourth-order valence-electron chi connectivity index (χ4n) is 3.96. The van der Waals surface area contributed by atoms with Crippen molar-refractivity contribution in [2.75, 3.05) is 13.1 Å². The summed E-state index contributed by atoms with van der Waals surface area (Å²) in [6.45, 7) is 6.52. The minimum atomic E-state index is -0.827. The number of carbonyl (C=O) groups is 2. The molecule has 0 atom stereocenters. The molecule has 1 aromatic carbocycles. The highest BCUT2D eigenvalue weighted by atomic mass is 19.1. The van der Waals surface area contributed by atoms with Gasteiger partial charge >= 0.3 is 5.91 Å². The molecule has 0 unspecified atom stereocenters. The minimum Gasteiger partial charge on any atom is -0.454 e. The largest absolute Gasteiger partial charge is 0.454 e. The zero-order valence-corrected chi connectivity index (χ0v) is 17.0. The van der Waals surface area contributed by atoms with Crippen molar-refractivity contribution in [2.24, 2.45) is 0 Å². The fourth-order valence-corrected chi connectivity index (χ4v) is 3.96. The van der Waals surface area contributed by atoms with Crippen molar-refractivity contribution < 1.29 is 18.4 Å². The molecule has 1 heterocycles. The molecule has 0 radical (unpaired) electrons. The van der Waals surface area contributed by atoms with Crippen LogP contribution in [0.3, 0.4) is 0 Å². The number of halogens is 1. The molecule has 1 saturated carbocycles. The Kier molecular flexibility index (Phi) is 6.69. The lowest BCUT2D eigenvalue weighted by Gasteiger charge is -2.28. The van der Waals surface area contributed by atoms with Gasteiger partial charge < -0.3 is 4.42 Å². The van der Waals surface area contributed by atoms with Crippen molar-refractivity contribution in [3.8, 4) is 0 Å². The summed E-state index contributed by atoms with van der Waals surface area (Å²) in [6.07, 6.45) is 3.00. The number of furan rings is 1. The molecule has 3 rings (SSSR count). The van der Waals surface area contributed by atoms with Crippen LogP contribution in [0.15, 0.2) is 40.8 Å². The minimum absolute atomic E-state index is 0.138. The Bertz CT molecular complexity index is 854. The molecule has 1 aliphatic rings. The third kappa shape index (κ3) is 4.67. The normalized spacial score (nSPS) is 15.4. The molecular weight excluding hydrogens is 373 g/mol. The molecule has 0 saturated heterocycles. The smallest absolute Gasteiger partial charge is 0.305 e. The molecular formula is C22H28FN3O3. The average molecular weight is 401 g/mol. The highest BCUT2D eigenvalue weighted by Gasteiger charge is 2.43. The number of carbonyl (C=O) groups excluding carboxylic acids is 2. The molecule has 1 fully saturated rings. The molecule has 1 aliphatic carbocycles. The van der Waals surface area contributed by atoms with Gasteiger partial charge in [-0.2, -0.15) is 0 Å². The van der Waals surface area contributed by atoms with Gasteiger partial charge in [-0.1, -0.05) is 38.8 Å². The molecule has 2 aromatic rings. The summed E-state index contributed by atoms with van der Waals surface area (Å²) in [5, 5.41) is 0. The van der Waals surface area contributed by atoms with Crippen LogP contribution in [0.2, 0.25) is 0 Å². The van der Waals surface area contributed by atoms with Crippen molar-refractivity contribution in [3.05, 3.63) is 59.3 Å². The van der Waals surface area contributed by atoms with Crippen LogP contribution in [-0.2, 0) is 16.8 Å². The SMILES string of the molecule is CCN(CC)Cc1ccc(C(=O)NNC(=O)C2(c3cccc(F)c3)CCCC2)o1. The monoisotopic (exact) mass is 401 g/mol. The van der Waals surface area contributed by atoms with Gasteiger partial charge in [-0.05, 0) is 55.8 Å². The van der Waals surface area contributed by atoms with Gasteiger partial charge in [-0.15, -0.1) is 0 Å². The number of amides is 2. The van der Waals surface area contributed by atoms with Crippen molar-refractivity contribution in [3.63, 3.8) is 0 Å².